The van der Waals surface area contributed by atoms with Gasteiger partial charge < -0.3 is 10.6 Å². The van der Waals surface area contributed by atoms with Crippen LogP contribution in [0.5, 0.6) is 0 Å². The number of para-hydroxylation sites is 1. The van der Waals surface area contributed by atoms with Crippen LogP contribution < -0.4 is 16.0 Å². The maximum absolute atomic E-state index is 12.7. The first-order valence-electron chi connectivity index (χ1n) is 10.6. The Morgan fingerprint density at radius 1 is 1.09 bits per heavy atom. The van der Waals surface area contributed by atoms with Crippen molar-refractivity contribution in [2.75, 3.05) is 17.2 Å². The van der Waals surface area contributed by atoms with Crippen molar-refractivity contribution >= 4 is 61.6 Å². The van der Waals surface area contributed by atoms with E-state index in [1.165, 1.54) is 23.5 Å². The van der Waals surface area contributed by atoms with E-state index in [4.69, 9.17) is 11.6 Å². The van der Waals surface area contributed by atoms with Crippen molar-refractivity contribution in [1.82, 2.24) is 10.3 Å². The highest BCUT2D eigenvalue weighted by Gasteiger charge is 2.14. The van der Waals surface area contributed by atoms with E-state index >= 15 is 0 Å². The molecular weight excluding hydrogens is 490 g/mol. The molecule has 11 heteroatoms. The quantitative estimate of drug-likeness (QED) is 0.215. The fourth-order valence-electron chi connectivity index (χ4n) is 3.34. The van der Waals surface area contributed by atoms with Gasteiger partial charge in [0.25, 0.3) is 11.6 Å². The predicted molar refractivity (Wildman–Crippen MR) is 138 cm³/mol. The standard InChI is InChI=1S/C24H20ClN5O4S/c1-14-3-2-4-18(25)21(14)28-22(31)16-7-10-19-20(13-16)35-24(27-19)29-23(32)26-12-11-15-5-8-17(9-6-15)30(33)34/h2-10,13H,11-12H2,1H3,(H,28,31)(H2,26,27,29,32). The number of nitro groups is 1. The van der Waals surface area contributed by atoms with Crippen LogP contribution in [0.25, 0.3) is 10.2 Å². The summed E-state index contributed by atoms with van der Waals surface area (Å²) in [7, 11) is 0. The fourth-order valence-corrected chi connectivity index (χ4v) is 4.51. The van der Waals surface area contributed by atoms with Crippen LogP contribution in [0, 0.1) is 17.0 Å². The van der Waals surface area contributed by atoms with Gasteiger partial charge in [-0.25, -0.2) is 9.78 Å². The van der Waals surface area contributed by atoms with Crippen LogP contribution in [0.2, 0.25) is 5.02 Å². The number of hydrogen-bond acceptors (Lipinski definition) is 6. The van der Waals surface area contributed by atoms with Crippen LogP contribution >= 0.6 is 22.9 Å². The summed E-state index contributed by atoms with van der Waals surface area (Å²) in [6.45, 7) is 2.21. The summed E-state index contributed by atoms with van der Waals surface area (Å²) >= 11 is 7.45. The maximum Gasteiger partial charge on any atom is 0.321 e. The molecule has 0 aliphatic rings. The summed E-state index contributed by atoms with van der Waals surface area (Å²) in [6.07, 6.45) is 0.522. The van der Waals surface area contributed by atoms with Crippen LogP contribution in [0.3, 0.4) is 0 Å². The molecule has 1 heterocycles. The number of carbonyl (C=O) groups excluding carboxylic acids is 2. The molecule has 1 aromatic heterocycles. The second kappa shape index (κ2) is 10.5. The topological polar surface area (TPSA) is 126 Å². The summed E-state index contributed by atoms with van der Waals surface area (Å²) in [4.78, 5) is 39.6. The summed E-state index contributed by atoms with van der Waals surface area (Å²) in [6, 6.07) is 16.3. The predicted octanol–water partition coefficient (Wildman–Crippen LogP) is 5.78. The second-order valence-electron chi connectivity index (χ2n) is 7.64. The Labute approximate surface area is 209 Å². The lowest BCUT2D eigenvalue weighted by atomic mass is 10.1. The number of carbonyl (C=O) groups is 2. The zero-order chi connectivity index (χ0) is 24.9. The Bertz CT molecular complexity index is 1400. The molecule has 4 aromatic rings. The Balaban J connectivity index is 1.35. The number of fused-ring (bicyclic) bond motifs is 1. The minimum Gasteiger partial charge on any atom is -0.337 e. The Morgan fingerprint density at radius 3 is 2.57 bits per heavy atom. The van der Waals surface area contributed by atoms with Gasteiger partial charge in [-0.15, -0.1) is 0 Å². The number of halogens is 1. The minimum atomic E-state index is -0.456. The van der Waals surface area contributed by atoms with Gasteiger partial charge in [-0.05, 0) is 48.7 Å². The molecule has 0 aliphatic heterocycles. The molecule has 178 valence electrons. The monoisotopic (exact) mass is 509 g/mol. The fraction of sp³-hybridized carbons (Fsp3) is 0.125. The molecule has 0 saturated heterocycles. The first-order valence-corrected chi connectivity index (χ1v) is 11.7. The molecule has 3 N–H and O–H groups in total. The van der Waals surface area contributed by atoms with E-state index in [0.29, 0.717) is 39.9 Å². The number of benzene rings is 3. The lowest BCUT2D eigenvalue weighted by Gasteiger charge is -2.10. The van der Waals surface area contributed by atoms with Crippen molar-refractivity contribution in [3.05, 3.63) is 92.5 Å². The summed E-state index contributed by atoms with van der Waals surface area (Å²) < 4.78 is 0.745. The first kappa shape index (κ1) is 24.1. The number of nitrogens with zero attached hydrogens (tertiary/aromatic N) is 2. The first-order chi connectivity index (χ1) is 16.8. The second-order valence-corrected chi connectivity index (χ2v) is 9.08. The third-order valence-corrected chi connectivity index (χ3v) is 6.43. The van der Waals surface area contributed by atoms with Crippen molar-refractivity contribution in [2.45, 2.75) is 13.3 Å². The van der Waals surface area contributed by atoms with E-state index in [9.17, 15) is 19.7 Å². The number of rotatable bonds is 7. The number of aromatic nitrogens is 1. The van der Waals surface area contributed by atoms with Crippen LogP contribution in [-0.2, 0) is 6.42 Å². The number of hydrogen-bond donors (Lipinski definition) is 3. The van der Waals surface area contributed by atoms with Crippen molar-refractivity contribution in [1.29, 1.82) is 0 Å². The van der Waals surface area contributed by atoms with Crippen LogP contribution in [0.15, 0.2) is 60.7 Å². The van der Waals surface area contributed by atoms with Crippen molar-refractivity contribution in [2.24, 2.45) is 0 Å². The Hall–Kier alpha value is -4.02. The lowest BCUT2D eigenvalue weighted by Crippen LogP contribution is -2.30. The van der Waals surface area contributed by atoms with Gasteiger partial charge >= 0.3 is 6.03 Å². The molecule has 3 amide bonds. The number of urea groups is 1. The Morgan fingerprint density at radius 2 is 1.86 bits per heavy atom. The largest absolute Gasteiger partial charge is 0.337 e. The molecule has 0 bridgehead atoms. The molecule has 4 rings (SSSR count). The smallest absolute Gasteiger partial charge is 0.321 e. The van der Waals surface area contributed by atoms with E-state index in [1.807, 2.05) is 19.1 Å². The maximum atomic E-state index is 12.7. The van der Waals surface area contributed by atoms with Crippen LogP contribution in [0.1, 0.15) is 21.5 Å². The lowest BCUT2D eigenvalue weighted by molar-refractivity contribution is -0.384. The van der Waals surface area contributed by atoms with Gasteiger partial charge in [0.1, 0.15) is 0 Å². The molecule has 0 saturated carbocycles. The van der Waals surface area contributed by atoms with Gasteiger partial charge in [0.2, 0.25) is 0 Å². The van der Waals surface area contributed by atoms with Crippen molar-refractivity contribution < 1.29 is 14.5 Å². The number of nitro benzene ring substituents is 1. The normalized spacial score (nSPS) is 10.7. The number of aryl methyl sites for hydroxylation is 1. The highest BCUT2D eigenvalue weighted by atomic mass is 35.5. The van der Waals surface area contributed by atoms with Gasteiger partial charge in [-0.1, -0.05) is 47.2 Å². The molecular formula is C24H20ClN5O4S. The number of nitrogens with one attached hydrogen (secondary N) is 3. The van der Waals surface area contributed by atoms with E-state index in [2.05, 4.69) is 20.9 Å². The molecule has 3 aromatic carbocycles. The van der Waals surface area contributed by atoms with Crippen LogP contribution in [-0.4, -0.2) is 28.4 Å². The molecule has 0 radical (unpaired) electrons. The van der Waals surface area contributed by atoms with Gasteiger partial charge in [-0.3, -0.25) is 20.2 Å². The number of thiazole rings is 1. The van der Waals surface area contributed by atoms with Gasteiger partial charge in [-0.2, -0.15) is 0 Å². The molecule has 0 spiro atoms. The number of amides is 3. The minimum absolute atomic E-state index is 0.0231. The molecule has 0 unspecified atom stereocenters. The third kappa shape index (κ3) is 5.92. The van der Waals surface area contributed by atoms with Crippen LogP contribution in [0.4, 0.5) is 21.3 Å². The molecule has 0 aliphatic carbocycles. The zero-order valence-corrected chi connectivity index (χ0v) is 20.1. The summed E-state index contributed by atoms with van der Waals surface area (Å²) in [5.74, 6) is -0.296. The average molecular weight is 510 g/mol. The van der Waals surface area contributed by atoms with E-state index in [-0.39, 0.29) is 11.6 Å². The molecule has 0 fully saturated rings. The van der Waals surface area contributed by atoms with Gasteiger partial charge in [0.05, 0.1) is 25.8 Å². The Kier molecular flexibility index (Phi) is 7.23. The summed E-state index contributed by atoms with van der Waals surface area (Å²) in [5.41, 5.74) is 3.41. The average Bonchev–Trinajstić information content (AvgIpc) is 3.23. The molecule has 35 heavy (non-hydrogen) atoms. The highest BCUT2D eigenvalue weighted by molar-refractivity contribution is 7.22. The van der Waals surface area contributed by atoms with Gasteiger partial charge in [0, 0.05) is 24.2 Å². The molecule has 0 atom stereocenters. The number of non-ortho nitro benzene ring substituents is 1. The third-order valence-electron chi connectivity index (χ3n) is 5.18. The van der Waals surface area contributed by atoms with E-state index in [1.54, 1.807) is 36.4 Å². The highest BCUT2D eigenvalue weighted by Crippen LogP contribution is 2.29. The molecule has 9 nitrogen and oxygen atoms in total. The van der Waals surface area contributed by atoms with Crippen molar-refractivity contribution in [3.63, 3.8) is 0 Å². The van der Waals surface area contributed by atoms with Crippen molar-refractivity contribution in [3.8, 4) is 0 Å². The zero-order valence-electron chi connectivity index (χ0n) is 18.5. The van der Waals surface area contributed by atoms with E-state index < -0.39 is 11.0 Å². The SMILES string of the molecule is Cc1cccc(Cl)c1NC(=O)c1ccc2nc(NC(=O)NCCc3ccc([N+](=O)[O-])cc3)sc2c1. The van der Waals surface area contributed by atoms with E-state index in [0.717, 1.165) is 15.8 Å². The number of anilines is 2. The summed E-state index contributed by atoms with van der Waals surface area (Å²) in [5, 5.41) is 19.8. The van der Waals surface area contributed by atoms with Gasteiger partial charge in [0.15, 0.2) is 5.13 Å².